The molecule has 0 radical (unpaired) electrons. The first-order valence-electron chi connectivity index (χ1n) is 11.9. The lowest BCUT2D eigenvalue weighted by atomic mass is 9.93. The van der Waals surface area contributed by atoms with Crippen LogP contribution in [0.15, 0.2) is 0 Å². The Morgan fingerprint density at radius 2 is 1.34 bits per heavy atom. The van der Waals surface area contributed by atoms with E-state index in [1.807, 2.05) is 7.85 Å². The molecule has 1 rings (SSSR count). The van der Waals surface area contributed by atoms with Crippen LogP contribution < -0.4 is 0 Å². The molecule has 1 saturated heterocycles. The zero-order valence-corrected chi connectivity index (χ0v) is 19.7. The monoisotopic (exact) mass is 434 g/mol. The lowest BCUT2D eigenvalue weighted by Crippen LogP contribution is -2.37. The standard InChI is InChI=1S/C21H44BO6P/c1-2-3-4-5-6-7-8-9-10-11-12-13-14-15-16-26-20-19(28-29(24)25)18(17-23)27-21(20)22/h18-21,23,29H,2-17,22H2,1H3,(H,24,25). The van der Waals surface area contributed by atoms with Crippen LogP contribution in [0.1, 0.15) is 96.8 Å². The van der Waals surface area contributed by atoms with E-state index in [2.05, 4.69) is 6.92 Å². The molecule has 0 amide bonds. The first-order chi connectivity index (χ1) is 14.1. The third kappa shape index (κ3) is 12.5. The van der Waals surface area contributed by atoms with Crippen molar-refractivity contribution >= 4 is 16.1 Å². The fourth-order valence-electron chi connectivity index (χ4n) is 4.06. The van der Waals surface area contributed by atoms with Crippen molar-refractivity contribution in [2.75, 3.05) is 13.2 Å². The van der Waals surface area contributed by atoms with E-state index < -0.39 is 26.6 Å². The van der Waals surface area contributed by atoms with Gasteiger partial charge in [-0.2, -0.15) is 0 Å². The van der Waals surface area contributed by atoms with E-state index in [9.17, 15) is 9.67 Å². The van der Waals surface area contributed by atoms with Crippen molar-refractivity contribution in [1.82, 2.24) is 0 Å². The largest absolute Gasteiger partial charge is 0.394 e. The highest BCUT2D eigenvalue weighted by atomic mass is 31.1. The van der Waals surface area contributed by atoms with Gasteiger partial charge in [-0.05, 0) is 6.42 Å². The van der Waals surface area contributed by atoms with Crippen LogP contribution in [0.5, 0.6) is 0 Å². The molecule has 6 nitrogen and oxygen atoms in total. The van der Waals surface area contributed by atoms with Crippen LogP contribution in [0.25, 0.3) is 0 Å². The smallest absolute Gasteiger partial charge is 0.317 e. The molecular formula is C21H44BO6P. The van der Waals surface area contributed by atoms with E-state index in [1.54, 1.807) is 0 Å². The van der Waals surface area contributed by atoms with Crippen LogP contribution in [-0.4, -0.2) is 55.4 Å². The molecule has 2 N–H and O–H groups in total. The van der Waals surface area contributed by atoms with Gasteiger partial charge in [0.15, 0.2) is 0 Å². The fourth-order valence-corrected chi connectivity index (χ4v) is 4.58. The van der Waals surface area contributed by atoms with Gasteiger partial charge >= 0.3 is 8.25 Å². The fraction of sp³-hybridized carbons (Fsp3) is 1.00. The molecule has 0 aromatic rings. The Bertz CT molecular complexity index is 415. The number of hydrogen-bond acceptors (Lipinski definition) is 5. The number of hydrogen-bond donors (Lipinski definition) is 2. The average molecular weight is 434 g/mol. The Labute approximate surface area is 179 Å². The summed E-state index contributed by atoms with van der Waals surface area (Å²) in [5, 5.41) is 9.36. The minimum absolute atomic E-state index is 0.247. The second-order valence-corrected chi connectivity index (χ2v) is 9.11. The number of ether oxygens (including phenoxy) is 2. The number of rotatable bonds is 19. The van der Waals surface area contributed by atoms with Crippen LogP contribution in [0.4, 0.5) is 0 Å². The van der Waals surface area contributed by atoms with Crippen molar-refractivity contribution in [2.45, 2.75) is 121 Å². The molecule has 8 heteroatoms. The Morgan fingerprint density at radius 1 is 0.862 bits per heavy atom. The van der Waals surface area contributed by atoms with Crippen LogP contribution in [0.2, 0.25) is 0 Å². The van der Waals surface area contributed by atoms with Gasteiger partial charge in [0.1, 0.15) is 26.2 Å². The first-order valence-corrected chi connectivity index (χ1v) is 13.1. The highest BCUT2D eigenvalue weighted by molar-refractivity contribution is 7.32. The molecule has 0 aromatic heterocycles. The molecule has 1 heterocycles. The Kier molecular flexibility index (Phi) is 16.6. The minimum atomic E-state index is -3.10. The summed E-state index contributed by atoms with van der Waals surface area (Å²) in [4.78, 5) is 9.07. The zero-order valence-electron chi connectivity index (χ0n) is 18.7. The summed E-state index contributed by atoms with van der Waals surface area (Å²) in [5.74, 6) is 0. The molecule has 0 aromatic carbocycles. The van der Waals surface area contributed by atoms with Crippen molar-refractivity contribution in [1.29, 1.82) is 0 Å². The van der Waals surface area contributed by atoms with Gasteiger partial charge in [0.25, 0.3) is 0 Å². The maximum atomic E-state index is 11.1. The molecule has 172 valence electrons. The van der Waals surface area contributed by atoms with E-state index in [0.29, 0.717) is 6.61 Å². The first kappa shape index (κ1) is 27.1. The van der Waals surface area contributed by atoms with Gasteiger partial charge in [0, 0.05) is 6.61 Å². The van der Waals surface area contributed by atoms with E-state index >= 15 is 0 Å². The normalized spacial score (nSPS) is 25.5. The maximum Gasteiger partial charge on any atom is 0.317 e. The number of aliphatic hydroxyl groups is 1. The lowest BCUT2D eigenvalue weighted by Gasteiger charge is -2.22. The number of aliphatic hydroxyl groups excluding tert-OH is 1. The predicted molar refractivity (Wildman–Crippen MR) is 120 cm³/mol. The van der Waals surface area contributed by atoms with Gasteiger partial charge in [0.2, 0.25) is 0 Å². The Hall–Kier alpha value is 0.0949. The van der Waals surface area contributed by atoms with Gasteiger partial charge in [-0.25, -0.2) is 0 Å². The molecule has 5 atom stereocenters. The van der Waals surface area contributed by atoms with E-state index in [4.69, 9.17) is 18.9 Å². The summed E-state index contributed by atoms with van der Waals surface area (Å²) in [6.07, 6.45) is 16.7. The van der Waals surface area contributed by atoms with Crippen molar-refractivity contribution in [3.63, 3.8) is 0 Å². The molecule has 0 aliphatic carbocycles. The molecule has 5 unspecified atom stereocenters. The van der Waals surface area contributed by atoms with Crippen molar-refractivity contribution < 1.29 is 28.6 Å². The zero-order chi connectivity index (χ0) is 21.3. The second-order valence-electron chi connectivity index (χ2n) is 8.34. The van der Waals surface area contributed by atoms with Crippen LogP contribution in [-0.2, 0) is 18.6 Å². The summed E-state index contributed by atoms with van der Waals surface area (Å²) >= 11 is 0. The van der Waals surface area contributed by atoms with Crippen molar-refractivity contribution in [3.8, 4) is 0 Å². The third-order valence-corrected chi connectivity index (χ3v) is 6.24. The van der Waals surface area contributed by atoms with E-state index in [1.165, 1.54) is 77.0 Å². The minimum Gasteiger partial charge on any atom is -0.394 e. The molecule has 29 heavy (non-hydrogen) atoms. The summed E-state index contributed by atoms with van der Waals surface area (Å²) in [7, 11) is -1.25. The van der Waals surface area contributed by atoms with Crippen LogP contribution in [0, 0.1) is 0 Å². The Morgan fingerprint density at radius 3 is 1.79 bits per heavy atom. The molecule has 0 spiro atoms. The van der Waals surface area contributed by atoms with Crippen molar-refractivity contribution in [2.24, 2.45) is 0 Å². The second kappa shape index (κ2) is 17.7. The molecule has 1 aliphatic rings. The van der Waals surface area contributed by atoms with Gasteiger partial charge in [0.05, 0.1) is 12.6 Å². The highest BCUT2D eigenvalue weighted by Crippen LogP contribution is 2.31. The predicted octanol–water partition coefficient (Wildman–Crippen LogP) is 3.97. The van der Waals surface area contributed by atoms with Gasteiger partial charge < -0.3 is 24.0 Å². The maximum absolute atomic E-state index is 11.1. The van der Waals surface area contributed by atoms with Gasteiger partial charge in [-0.1, -0.05) is 90.4 Å². The van der Waals surface area contributed by atoms with Crippen molar-refractivity contribution in [3.05, 3.63) is 0 Å². The number of unbranched alkanes of at least 4 members (excludes halogenated alkanes) is 13. The molecule has 0 bridgehead atoms. The summed E-state index contributed by atoms with van der Waals surface area (Å²) in [5.41, 5.74) is 0. The topological polar surface area (TPSA) is 85.2 Å². The van der Waals surface area contributed by atoms with Crippen LogP contribution in [0.3, 0.4) is 0 Å². The summed E-state index contributed by atoms with van der Waals surface area (Å²) in [6, 6.07) is -0.259. The van der Waals surface area contributed by atoms with Gasteiger partial charge in [-0.3, -0.25) is 4.57 Å². The third-order valence-electron chi connectivity index (χ3n) is 5.77. The average Bonchev–Trinajstić information content (AvgIpc) is 2.99. The van der Waals surface area contributed by atoms with E-state index in [0.717, 1.165) is 12.8 Å². The van der Waals surface area contributed by atoms with E-state index in [-0.39, 0.29) is 12.6 Å². The summed E-state index contributed by atoms with van der Waals surface area (Å²) in [6.45, 7) is 2.60. The highest BCUT2D eigenvalue weighted by Gasteiger charge is 2.44. The van der Waals surface area contributed by atoms with Gasteiger partial charge in [-0.15, -0.1) is 0 Å². The molecular weight excluding hydrogens is 390 g/mol. The summed E-state index contributed by atoms with van der Waals surface area (Å²) < 4.78 is 27.6. The Balaban J connectivity index is 1.96. The molecule has 0 saturated carbocycles. The molecule has 1 aliphatic heterocycles. The lowest BCUT2D eigenvalue weighted by molar-refractivity contribution is -0.0176. The molecule has 1 fully saturated rings. The quantitative estimate of drug-likeness (QED) is 0.182. The SMILES string of the molecule is BC1OC(CO)C(O[PH](=O)O)C1OCCCCCCCCCCCCCCCC. The van der Waals surface area contributed by atoms with Crippen LogP contribution >= 0.6 is 8.25 Å².